The molecular formula is C20H22O4. The molecule has 5 atom stereocenters. The van der Waals surface area contributed by atoms with Crippen molar-refractivity contribution >= 4 is 17.5 Å². The summed E-state index contributed by atoms with van der Waals surface area (Å²) in [6, 6.07) is 10.1. The summed E-state index contributed by atoms with van der Waals surface area (Å²) in [5.41, 5.74) is 3.06. The first-order valence-corrected chi connectivity index (χ1v) is 8.71. The van der Waals surface area contributed by atoms with Crippen molar-refractivity contribution in [2.45, 2.75) is 19.8 Å². The van der Waals surface area contributed by atoms with Crippen molar-refractivity contribution < 1.29 is 19.1 Å². The number of benzene rings is 1. The minimum atomic E-state index is -0.214. The fourth-order valence-corrected chi connectivity index (χ4v) is 5.28. The van der Waals surface area contributed by atoms with Gasteiger partial charge < -0.3 is 9.47 Å². The summed E-state index contributed by atoms with van der Waals surface area (Å²) in [6.45, 7) is 2.20. The predicted octanol–water partition coefficient (Wildman–Crippen LogP) is 3.08. The van der Waals surface area contributed by atoms with Crippen molar-refractivity contribution in [3.8, 4) is 0 Å². The lowest BCUT2D eigenvalue weighted by molar-refractivity contribution is -0.149. The maximum absolute atomic E-state index is 12.6. The Morgan fingerprint density at radius 2 is 1.88 bits per heavy atom. The molecule has 0 radical (unpaired) electrons. The second kappa shape index (κ2) is 5.76. The van der Waals surface area contributed by atoms with Crippen LogP contribution in [-0.2, 0) is 19.1 Å². The number of carbonyl (C=O) groups is 2. The Morgan fingerprint density at radius 3 is 2.54 bits per heavy atom. The summed E-state index contributed by atoms with van der Waals surface area (Å²) in [7, 11) is 1.45. The Balaban J connectivity index is 1.73. The van der Waals surface area contributed by atoms with Crippen LogP contribution in [0.15, 0.2) is 35.9 Å². The summed E-state index contributed by atoms with van der Waals surface area (Å²) in [5.74, 6) is 0.825. The first kappa shape index (κ1) is 15.4. The molecule has 0 unspecified atom stereocenters. The fourth-order valence-electron chi connectivity index (χ4n) is 5.28. The van der Waals surface area contributed by atoms with E-state index < -0.39 is 0 Å². The molecule has 1 aromatic rings. The van der Waals surface area contributed by atoms with Gasteiger partial charge in [0.15, 0.2) is 0 Å². The molecule has 2 bridgehead atoms. The summed E-state index contributed by atoms with van der Waals surface area (Å²) in [4.78, 5) is 24.7. The Hall–Kier alpha value is -2.10. The monoisotopic (exact) mass is 326 g/mol. The van der Waals surface area contributed by atoms with E-state index in [0.29, 0.717) is 18.4 Å². The Bertz CT molecular complexity index is 706. The minimum absolute atomic E-state index is 0.0667. The summed E-state index contributed by atoms with van der Waals surface area (Å²) >= 11 is 0. The lowest BCUT2D eigenvalue weighted by atomic mass is 9.57. The van der Waals surface area contributed by atoms with E-state index in [1.165, 1.54) is 7.11 Å². The van der Waals surface area contributed by atoms with Gasteiger partial charge in [0.05, 0.1) is 19.6 Å². The number of hydrogen-bond acceptors (Lipinski definition) is 4. The highest BCUT2D eigenvalue weighted by atomic mass is 16.5. The van der Waals surface area contributed by atoms with Gasteiger partial charge in [0.25, 0.3) is 0 Å². The number of fused-ring (bicyclic) bond motifs is 5. The molecule has 0 heterocycles. The third-order valence-electron chi connectivity index (χ3n) is 6.05. The predicted molar refractivity (Wildman–Crippen MR) is 88.7 cm³/mol. The first-order valence-electron chi connectivity index (χ1n) is 8.71. The Morgan fingerprint density at radius 1 is 1.12 bits per heavy atom. The van der Waals surface area contributed by atoms with Crippen LogP contribution in [0.1, 0.15) is 25.3 Å². The van der Waals surface area contributed by atoms with Gasteiger partial charge in [-0.25, -0.2) is 4.79 Å². The molecule has 0 spiro atoms. The van der Waals surface area contributed by atoms with Crippen LogP contribution in [0.2, 0.25) is 0 Å². The number of hydrogen-bond donors (Lipinski definition) is 0. The molecule has 0 aromatic heterocycles. The normalized spacial score (nSPS) is 33.0. The quantitative estimate of drug-likeness (QED) is 0.798. The largest absolute Gasteiger partial charge is 0.469 e. The molecular weight excluding hydrogens is 304 g/mol. The van der Waals surface area contributed by atoms with E-state index in [-0.39, 0.29) is 29.7 Å². The van der Waals surface area contributed by atoms with E-state index in [2.05, 4.69) is 12.1 Å². The molecule has 0 saturated heterocycles. The zero-order chi connectivity index (χ0) is 16.8. The zero-order valence-corrected chi connectivity index (χ0v) is 14.0. The Kier molecular flexibility index (Phi) is 3.70. The number of esters is 2. The van der Waals surface area contributed by atoms with Crippen molar-refractivity contribution in [3.63, 3.8) is 0 Å². The molecule has 3 aliphatic rings. The van der Waals surface area contributed by atoms with Crippen LogP contribution in [0, 0.1) is 29.6 Å². The maximum Gasteiger partial charge on any atom is 0.334 e. The van der Waals surface area contributed by atoms with Gasteiger partial charge in [-0.1, -0.05) is 30.3 Å². The van der Waals surface area contributed by atoms with Gasteiger partial charge >= 0.3 is 11.9 Å². The molecule has 0 amide bonds. The van der Waals surface area contributed by atoms with Crippen LogP contribution in [0.5, 0.6) is 0 Å². The van der Waals surface area contributed by atoms with Gasteiger partial charge in [0.2, 0.25) is 0 Å². The average molecular weight is 326 g/mol. The molecule has 3 aliphatic carbocycles. The zero-order valence-electron chi connectivity index (χ0n) is 14.0. The van der Waals surface area contributed by atoms with Crippen LogP contribution in [0.4, 0.5) is 0 Å². The highest BCUT2D eigenvalue weighted by Gasteiger charge is 2.63. The van der Waals surface area contributed by atoms with Gasteiger partial charge in [-0.05, 0) is 48.7 Å². The molecule has 4 nitrogen and oxygen atoms in total. The van der Waals surface area contributed by atoms with Crippen molar-refractivity contribution in [1.29, 1.82) is 0 Å². The number of allylic oxidation sites excluding steroid dienone is 1. The fraction of sp³-hybridized carbons (Fsp3) is 0.500. The lowest BCUT2D eigenvalue weighted by Gasteiger charge is -2.45. The van der Waals surface area contributed by atoms with Gasteiger partial charge in [0.1, 0.15) is 0 Å². The molecule has 0 aliphatic heterocycles. The van der Waals surface area contributed by atoms with Crippen LogP contribution in [0.3, 0.4) is 0 Å². The van der Waals surface area contributed by atoms with E-state index in [1.54, 1.807) is 0 Å². The molecule has 2 fully saturated rings. The van der Waals surface area contributed by atoms with E-state index in [1.807, 2.05) is 25.1 Å². The van der Waals surface area contributed by atoms with Crippen LogP contribution in [-0.4, -0.2) is 25.7 Å². The van der Waals surface area contributed by atoms with E-state index in [0.717, 1.165) is 29.6 Å². The van der Waals surface area contributed by atoms with Gasteiger partial charge in [0, 0.05) is 11.5 Å². The molecule has 24 heavy (non-hydrogen) atoms. The summed E-state index contributed by atoms with van der Waals surface area (Å²) in [5, 5.41) is 0. The van der Waals surface area contributed by atoms with Crippen molar-refractivity contribution in [2.75, 3.05) is 13.7 Å². The smallest absolute Gasteiger partial charge is 0.334 e. The van der Waals surface area contributed by atoms with Crippen LogP contribution in [0.25, 0.3) is 5.57 Å². The van der Waals surface area contributed by atoms with Crippen LogP contribution >= 0.6 is 0 Å². The molecule has 1 aromatic carbocycles. The van der Waals surface area contributed by atoms with Crippen molar-refractivity contribution in [2.24, 2.45) is 29.6 Å². The highest BCUT2D eigenvalue weighted by Crippen LogP contribution is 2.67. The van der Waals surface area contributed by atoms with E-state index in [4.69, 9.17) is 9.47 Å². The number of ether oxygens (including phenoxy) is 2. The maximum atomic E-state index is 12.6. The van der Waals surface area contributed by atoms with Crippen LogP contribution < -0.4 is 0 Å². The second-order valence-electron chi connectivity index (χ2n) is 6.99. The number of rotatable bonds is 4. The summed E-state index contributed by atoms with van der Waals surface area (Å²) < 4.78 is 10.3. The van der Waals surface area contributed by atoms with Gasteiger partial charge in [-0.15, -0.1) is 0 Å². The number of methoxy groups -OCH3 is 1. The van der Waals surface area contributed by atoms with Crippen molar-refractivity contribution in [1.82, 2.24) is 0 Å². The van der Waals surface area contributed by atoms with E-state index >= 15 is 0 Å². The molecule has 0 N–H and O–H groups in total. The molecule has 126 valence electrons. The first-order chi connectivity index (χ1) is 11.7. The van der Waals surface area contributed by atoms with Crippen molar-refractivity contribution in [3.05, 3.63) is 41.5 Å². The van der Waals surface area contributed by atoms with Gasteiger partial charge in [-0.2, -0.15) is 0 Å². The number of carbonyl (C=O) groups excluding carboxylic acids is 2. The standard InChI is InChI=1S/C20H22O4/c1-3-24-20(22)18-15(11-7-5-4-6-8-11)16-12-9-13(17(16)18)14(10-12)19(21)23-2/h4-8,12-14,16-17H,3,9-10H2,1-2H3/t12-,13+,14-,16+,17+/m1/s1. The summed E-state index contributed by atoms with van der Waals surface area (Å²) in [6.07, 6.45) is 1.89. The van der Waals surface area contributed by atoms with Gasteiger partial charge in [-0.3, -0.25) is 4.79 Å². The third-order valence-corrected chi connectivity index (χ3v) is 6.05. The SMILES string of the molecule is CCOC(=O)C1=C(c2ccccc2)[C@@H]2[C@@H]3C[C@H]([C@H]12)[C@H](C(=O)OC)C3. The topological polar surface area (TPSA) is 52.6 Å². The molecule has 2 saturated carbocycles. The highest BCUT2D eigenvalue weighted by molar-refractivity contribution is 6.03. The minimum Gasteiger partial charge on any atom is -0.469 e. The lowest BCUT2D eigenvalue weighted by Crippen LogP contribution is -2.43. The third kappa shape index (κ3) is 2.05. The average Bonchev–Trinajstić information content (AvgIpc) is 3.10. The second-order valence-corrected chi connectivity index (χ2v) is 6.99. The molecule has 4 heteroatoms. The Labute approximate surface area is 141 Å². The van der Waals surface area contributed by atoms with E-state index in [9.17, 15) is 9.59 Å². The molecule has 4 rings (SSSR count).